The molecule has 2 fully saturated rings. The van der Waals surface area contributed by atoms with Crippen LogP contribution >= 0.6 is 12.6 Å². The summed E-state index contributed by atoms with van der Waals surface area (Å²) in [6.45, 7) is 7.05. The number of hydrogen-bond acceptors (Lipinski definition) is 1. The van der Waals surface area contributed by atoms with Crippen LogP contribution in [0.15, 0.2) is 0 Å². The van der Waals surface area contributed by atoms with Gasteiger partial charge in [-0.3, -0.25) is 0 Å². The molecule has 0 N–H and O–H groups in total. The van der Waals surface area contributed by atoms with Gasteiger partial charge in [-0.15, -0.1) is 0 Å². The average molecular weight is 142 g/mol. The molecule has 0 radical (unpaired) electrons. The van der Waals surface area contributed by atoms with Crippen molar-refractivity contribution in [2.24, 2.45) is 23.2 Å². The molecule has 0 aliphatic heterocycles. The van der Waals surface area contributed by atoms with E-state index in [0.717, 1.165) is 23.0 Å². The lowest BCUT2D eigenvalue weighted by Crippen LogP contribution is -1.79. The van der Waals surface area contributed by atoms with Crippen LogP contribution in [-0.2, 0) is 0 Å². The highest BCUT2D eigenvalue weighted by molar-refractivity contribution is 7.81. The first-order valence-corrected chi connectivity index (χ1v) is 4.33. The Kier molecular flexibility index (Phi) is 0.906. The summed E-state index contributed by atoms with van der Waals surface area (Å²) < 4.78 is 0. The molecule has 52 valence electrons. The van der Waals surface area contributed by atoms with Gasteiger partial charge < -0.3 is 0 Å². The SMILES string of the molecule is CC1C(C)C12C(C)C2S. The summed E-state index contributed by atoms with van der Waals surface area (Å²) in [5.41, 5.74) is 0.698. The van der Waals surface area contributed by atoms with Crippen molar-refractivity contribution in [3.05, 3.63) is 0 Å². The summed E-state index contributed by atoms with van der Waals surface area (Å²) in [6, 6.07) is 0. The lowest BCUT2D eigenvalue weighted by atomic mass is 10.2. The molecule has 4 unspecified atom stereocenters. The molecule has 0 heterocycles. The molecular formula is C8H14S. The third-order valence-corrected chi connectivity index (χ3v) is 4.78. The minimum Gasteiger partial charge on any atom is -0.175 e. The van der Waals surface area contributed by atoms with Crippen molar-refractivity contribution in [1.82, 2.24) is 0 Å². The first-order chi connectivity index (χ1) is 4.13. The van der Waals surface area contributed by atoms with Crippen molar-refractivity contribution in [2.75, 3.05) is 0 Å². The van der Waals surface area contributed by atoms with Gasteiger partial charge in [0.05, 0.1) is 0 Å². The predicted molar refractivity (Wildman–Crippen MR) is 42.7 cm³/mol. The van der Waals surface area contributed by atoms with Gasteiger partial charge >= 0.3 is 0 Å². The third-order valence-electron chi connectivity index (χ3n) is 3.88. The monoisotopic (exact) mass is 142 g/mol. The molecule has 2 saturated carbocycles. The van der Waals surface area contributed by atoms with Crippen LogP contribution < -0.4 is 0 Å². The van der Waals surface area contributed by atoms with Crippen molar-refractivity contribution in [2.45, 2.75) is 26.0 Å². The van der Waals surface area contributed by atoms with Gasteiger partial charge in [-0.25, -0.2) is 0 Å². The fraction of sp³-hybridized carbons (Fsp3) is 1.00. The van der Waals surface area contributed by atoms with Crippen LogP contribution in [0.5, 0.6) is 0 Å². The minimum absolute atomic E-state index is 0.698. The molecule has 0 nitrogen and oxygen atoms in total. The zero-order chi connectivity index (χ0) is 6.81. The second-order valence-corrected chi connectivity index (χ2v) is 4.37. The van der Waals surface area contributed by atoms with E-state index in [4.69, 9.17) is 0 Å². The van der Waals surface area contributed by atoms with E-state index >= 15 is 0 Å². The molecule has 0 aromatic carbocycles. The Morgan fingerprint density at radius 3 is 1.33 bits per heavy atom. The van der Waals surface area contributed by atoms with Gasteiger partial charge in [-0.05, 0) is 23.2 Å². The Labute approximate surface area is 62.4 Å². The summed E-state index contributed by atoms with van der Waals surface area (Å²) in [4.78, 5) is 0. The molecule has 2 rings (SSSR count). The Hall–Kier alpha value is 0.350. The minimum atomic E-state index is 0.698. The Morgan fingerprint density at radius 2 is 1.33 bits per heavy atom. The van der Waals surface area contributed by atoms with Crippen molar-refractivity contribution >= 4 is 12.6 Å². The van der Waals surface area contributed by atoms with E-state index in [1.165, 1.54) is 0 Å². The van der Waals surface area contributed by atoms with Crippen molar-refractivity contribution in [3.8, 4) is 0 Å². The second kappa shape index (κ2) is 1.34. The molecular weight excluding hydrogens is 128 g/mol. The van der Waals surface area contributed by atoms with Gasteiger partial charge in [0.2, 0.25) is 0 Å². The van der Waals surface area contributed by atoms with E-state index in [1.807, 2.05) is 0 Å². The summed E-state index contributed by atoms with van der Waals surface area (Å²) in [7, 11) is 0. The van der Waals surface area contributed by atoms with Gasteiger partial charge in [0, 0.05) is 5.25 Å². The summed E-state index contributed by atoms with van der Waals surface area (Å²) in [6.07, 6.45) is 0. The van der Waals surface area contributed by atoms with E-state index < -0.39 is 0 Å². The third kappa shape index (κ3) is 0.419. The molecule has 1 spiro atoms. The zero-order valence-electron chi connectivity index (χ0n) is 6.26. The van der Waals surface area contributed by atoms with Crippen LogP contribution in [0, 0.1) is 23.2 Å². The van der Waals surface area contributed by atoms with E-state index in [-0.39, 0.29) is 0 Å². The quantitative estimate of drug-likeness (QED) is 0.492. The molecule has 0 saturated heterocycles. The predicted octanol–water partition coefficient (Wildman–Crippen LogP) is 2.21. The molecule has 0 aromatic rings. The van der Waals surface area contributed by atoms with Gasteiger partial charge in [-0.1, -0.05) is 20.8 Å². The van der Waals surface area contributed by atoms with Crippen molar-refractivity contribution in [1.29, 1.82) is 0 Å². The fourth-order valence-corrected chi connectivity index (χ4v) is 3.67. The zero-order valence-corrected chi connectivity index (χ0v) is 7.15. The molecule has 1 heteroatoms. The highest BCUT2D eigenvalue weighted by Crippen LogP contribution is 2.79. The van der Waals surface area contributed by atoms with Crippen molar-refractivity contribution in [3.63, 3.8) is 0 Å². The molecule has 9 heavy (non-hydrogen) atoms. The molecule has 0 aromatic heterocycles. The van der Waals surface area contributed by atoms with E-state index in [0.29, 0.717) is 5.41 Å². The topological polar surface area (TPSA) is 0 Å². The van der Waals surface area contributed by atoms with E-state index in [1.54, 1.807) is 0 Å². The first kappa shape index (κ1) is 6.09. The van der Waals surface area contributed by atoms with Crippen LogP contribution in [0.25, 0.3) is 0 Å². The Balaban J connectivity index is 2.17. The number of thiol groups is 1. The highest BCUT2D eigenvalue weighted by Gasteiger charge is 2.77. The van der Waals surface area contributed by atoms with Crippen molar-refractivity contribution < 1.29 is 0 Å². The lowest BCUT2D eigenvalue weighted by Gasteiger charge is -1.81. The maximum Gasteiger partial charge on any atom is 0.0113 e. The fourth-order valence-electron chi connectivity index (χ4n) is 2.80. The summed E-state index contributed by atoms with van der Waals surface area (Å²) >= 11 is 4.53. The van der Waals surface area contributed by atoms with Crippen LogP contribution in [0.3, 0.4) is 0 Å². The molecule has 2 aliphatic carbocycles. The maximum absolute atomic E-state index is 4.53. The van der Waals surface area contributed by atoms with Crippen LogP contribution in [0.1, 0.15) is 20.8 Å². The van der Waals surface area contributed by atoms with Gasteiger partial charge in [0.15, 0.2) is 0 Å². The molecule has 0 amide bonds. The first-order valence-electron chi connectivity index (χ1n) is 3.81. The Morgan fingerprint density at radius 1 is 1.00 bits per heavy atom. The Bertz CT molecular complexity index is 115. The smallest absolute Gasteiger partial charge is 0.0113 e. The maximum atomic E-state index is 4.53. The molecule has 4 atom stereocenters. The number of rotatable bonds is 0. The van der Waals surface area contributed by atoms with Crippen LogP contribution in [-0.4, -0.2) is 5.25 Å². The summed E-state index contributed by atoms with van der Waals surface area (Å²) in [5, 5.41) is 0.725. The normalized spacial score (nSPS) is 70.7. The molecule has 2 aliphatic rings. The average Bonchev–Trinajstić information content (AvgIpc) is 2.52. The van der Waals surface area contributed by atoms with Gasteiger partial charge in [0.1, 0.15) is 0 Å². The van der Waals surface area contributed by atoms with Crippen LogP contribution in [0.4, 0.5) is 0 Å². The second-order valence-electron chi connectivity index (χ2n) is 3.81. The summed E-state index contributed by atoms with van der Waals surface area (Å²) in [5.74, 6) is 2.80. The van der Waals surface area contributed by atoms with Crippen LogP contribution in [0.2, 0.25) is 0 Å². The highest BCUT2D eigenvalue weighted by atomic mass is 32.1. The van der Waals surface area contributed by atoms with E-state index in [2.05, 4.69) is 33.4 Å². The van der Waals surface area contributed by atoms with Gasteiger partial charge in [0.25, 0.3) is 0 Å². The number of hydrogen-bond donors (Lipinski definition) is 1. The molecule has 0 bridgehead atoms. The lowest BCUT2D eigenvalue weighted by molar-refractivity contribution is 0.676. The standard InChI is InChI=1S/C8H14S/c1-4-5(2)8(4)6(3)7(8)9/h4-7,9H,1-3H3. The largest absolute Gasteiger partial charge is 0.175 e. The van der Waals surface area contributed by atoms with Gasteiger partial charge in [-0.2, -0.15) is 12.6 Å². The van der Waals surface area contributed by atoms with E-state index in [9.17, 15) is 0 Å².